The molecule has 110 valence electrons. The van der Waals surface area contributed by atoms with E-state index in [2.05, 4.69) is 5.32 Å². The van der Waals surface area contributed by atoms with Crippen LogP contribution in [0.1, 0.15) is 32.6 Å². The lowest BCUT2D eigenvalue weighted by molar-refractivity contribution is -0.116. The molecule has 1 aromatic carbocycles. The van der Waals surface area contributed by atoms with Crippen molar-refractivity contribution in [2.24, 2.45) is 0 Å². The lowest BCUT2D eigenvalue weighted by Crippen LogP contribution is -2.31. The number of benzene rings is 1. The Kier molecular flexibility index (Phi) is 4.32. The van der Waals surface area contributed by atoms with Crippen LogP contribution in [0.5, 0.6) is 0 Å². The molecule has 20 heavy (non-hydrogen) atoms. The van der Waals surface area contributed by atoms with Crippen LogP contribution < -0.4 is 9.62 Å². The monoisotopic (exact) mass is 296 g/mol. The summed E-state index contributed by atoms with van der Waals surface area (Å²) in [6.45, 7) is 1.95. The summed E-state index contributed by atoms with van der Waals surface area (Å²) in [5.41, 5.74) is 1.35. The standard InChI is InChI=1S/C14H20N2O3S/c1-3-4-14(17)15-11-5-7-12(8-6-11)16(13-9-10-13)20(2,18)19/h5-8,13H,3-4,9-10H2,1-2H3,(H,15,17). The van der Waals surface area contributed by atoms with E-state index in [1.54, 1.807) is 24.3 Å². The second kappa shape index (κ2) is 5.83. The molecule has 1 aromatic rings. The Balaban J connectivity index is 2.12. The van der Waals surface area contributed by atoms with Gasteiger partial charge in [0.2, 0.25) is 15.9 Å². The number of carbonyl (C=O) groups is 1. The molecule has 0 unspecified atom stereocenters. The van der Waals surface area contributed by atoms with Gasteiger partial charge in [0.25, 0.3) is 0 Å². The Labute approximate surface area is 120 Å². The molecular formula is C14H20N2O3S. The van der Waals surface area contributed by atoms with E-state index in [1.807, 2.05) is 6.92 Å². The Morgan fingerprint density at radius 2 is 1.90 bits per heavy atom. The largest absolute Gasteiger partial charge is 0.326 e. The van der Waals surface area contributed by atoms with Crippen molar-refractivity contribution < 1.29 is 13.2 Å². The highest BCUT2D eigenvalue weighted by Crippen LogP contribution is 2.34. The van der Waals surface area contributed by atoms with Crippen LogP contribution in [0.25, 0.3) is 0 Å². The minimum atomic E-state index is -3.25. The van der Waals surface area contributed by atoms with E-state index >= 15 is 0 Å². The predicted molar refractivity (Wildman–Crippen MR) is 80.3 cm³/mol. The van der Waals surface area contributed by atoms with E-state index in [9.17, 15) is 13.2 Å². The molecule has 0 heterocycles. The first-order valence-corrected chi connectivity index (χ1v) is 8.66. The molecule has 1 aliphatic rings. The van der Waals surface area contributed by atoms with Crippen LogP contribution >= 0.6 is 0 Å². The molecule has 0 aliphatic heterocycles. The van der Waals surface area contributed by atoms with Gasteiger partial charge in [-0.25, -0.2) is 8.42 Å². The fraction of sp³-hybridized carbons (Fsp3) is 0.500. The number of rotatable bonds is 6. The van der Waals surface area contributed by atoms with E-state index < -0.39 is 10.0 Å². The minimum absolute atomic E-state index is 0.0255. The number of carbonyl (C=O) groups excluding carboxylic acids is 1. The fourth-order valence-corrected chi connectivity index (χ4v) is 3.38. The van der Waals surface area contributed by atoms with E-state index in [-0.39, 0.29) is 11.9 Å². The van der Waals surface area contributed by atoms with Gasteiger partial charge < -0.3 is 5.32 Å². The van der Waals surface area contributed by atoms with Crippen LogP contribution in [0, 0.1) is 0 Å². The maximum Gasteiger partial charge on any atom is 0.232 e. The third-order valence-electron chi connectivity index (χ3n) is 3.12. The molecule has 2 rings (SSSR count). The Hall–Kier alpha value is -1.56. The van der Waals surface area contributed by atoms with Crippen LogP contribution in [0.3, 0.4) is 0 Å². The number of anilines is 2. The Morgan fingerprint density at radius 3 is 2.35 bits per heavy atom. The van der Waals surface area contributed by atoms with Crippen molar-refractivity contribution in [1.29, 1.82) is 0 Å². The summed E-state index contributed by atoms with van der Waals surface area (Å²) in [6.07, 6.45) is 4.32. The van der Waals surface area contributed by atoms with Crippen LogP contribution in [0.15, 0.2) is 24.3 Å². The number of amides is 1. The molecule has 6 heteroatoms. The molecule has 1 fully saturated rings. The summed E-state index contributed by atoms with van der Waals surface area (Å²) in [5.74, 6) is -0.0255. The number of nitrogens with zero attached hydrogens (tertiary/aromatic N) is 1. The van der Waals surface area contributed by atoms with E-state index in [0.29, 0.717) is 17.8 Å². The first kappa shape index (κ1) is 14.8. The van der Waals surface area contributed by atoms with E-state index in [4.69, 9.17) is 0 Å². The van der Waals surface area contributed by atoms with Gasteiger partial charge in [-0.2, -0.15) is 0 Å². The number of sulfonamides is 1. The maximum atomic E-state index is 11.8. The van der Waals surface area contributed by atoms with Crippen LogP contribution in [-0.2, 0) is 14.8 Å². The van der Waals surface area contributed by atoms with Crippen molar-refractivity contribution >= 4 is 27.3 Å². The van der Waals surface area contributed by atoms with Crippen LogP contribution in [-0.4, -0.2) is 26.6 Å². The molecule has 1 aliphatic carbocycles. The van der Waals surface area contributed by atoms with Gasteiger partial charge in [-0.15, -0.1) is 0 Å². The second-order valence-corrected chi connectivity index (χ2v) is 6.99. The van der Waals surface area contributed by atoms with Gasteiger partial charge in [-0.1, -0.05) is 6.92 Å². The summed E-state index contributed by atoms with van der Waals surface area (Å²) in [7, 11) is -3.25. The smallest absolute Gasteiger partial charge is 0.232 e. The van der Waals surface area contributed by atoms with Gasteiger partial charge in [0.15, 0.2) is 0 Å². The van der Waals surface area contributed by atoms with Crippen molar-refractivity contribution in [2.75, 3.05) is 15.9 Å². The molecule has 0 radical (unpaired) electrons. The van der Waals surface area contributed by atoms with Gasteiger partial charge in [0.05, 0.1) is 11.9 Å². The lowest BCUT2D eigenvalue weighted by Gasteiger charge is -2.22. The summed E-state index contributed by atoms with van der Waals surface area (Å²) >= 11 is 0. The fourth-order valence-electron chi connectivity index (χ4n) is 2.12. The molecule has 1 N–H and O–H groups in total. The molecule has 1 saturated carbocycles. The van der Waals surface area contributed by atoms with Gasteiger partial charge in [0, 0.05) is 18.2 Å². The predicted octanol–water partition coefficient (Wildman–Crippen LogP) is 2.35. The van der Waals surface area contributed by atoms with Crippen molar-refractivity contribution in [2.45, 2.75) is 38.6 Å². The highest BCUT2D eigenvalue weighted by molar-refractivity contribution is 7.92. The first-order chi connectivity index (χ1) is 9.41. The molecule has 5 nitrogen and oxygen atoms in total. The zero-order chi connectivity index (χ0) is 14.8. The molecule has 1 amide bonds. The third kappa shape index (κ3) is 3.72. The van der Waals surface area contributed by atoms with Crippen LogP contribution in [0.4, 0.5) is 11.4 Å². The van der Waals surface area contributed by atoms with Gasteiger partial charge in [-0.3, -0.25) is 9.10 Å². The van der Waals surface area contributed by atoms with E-state index in [0.717, 1.165) is 19.3 Å². The summed E-state index contributed by atoms with van der Waals surface area (Å²) < 4.78 is 25.1. The SMILES string of the molecule is CCCC(=O)Nc1ccc(N(C2CC2)S(C)(=O)=O)cc1. The average molecular weight is 296 g/mol. The van der Waals surface area contributed by atoms with Crippen molar-refractivity contribution in [3.63, 3.8) is 0 Å². The number of hydrogen-bond donors (Lipinski definition) is 1. The van der Waals surface area contributed by atoms with Gasteiger partial charge >= 0.3 is 0 Å². The Morgan fingerprint density at radius 1 is 1.30 bits per heavy atom. The van der Waals surface area contributed by atoms with Gasteiger partial charge in [-0.05, 0) is 43.5 Å². The molecule has 0 aromatic heterocycles. The minimum Gasteiger partial charge on any atom is -0.326 e. The molecule has 0 saturated heterocycles. The topological polar surface area (TPSA) is 66.5 Å². The van der Waals surface area contributed by atoms with Crippen molar-refractivity contribution in [3.8, 4) is 0 Å². The lowest BCUT2D eigenvalue weighted by atomic mass is 10.2. The highest BCUT2D eigenvalue weighted by Gasteiger charge is 2.35. The summed E-state index contributed by atoms with van der Waals surface area (Å²) in [4.78, 5) is 11.5. The summed E-state index contributed by atoms with van der Waals surface area (Å²) in [6, 6.07) is 7.04. The third-order valence-corrected chi connectivity index (χ3v) is 4.34. The molecular weight excluding hydrogens is 276 g/mol. The first-order valence-electron chi connectivity index (χ1n) is 6.81. The molecule has 0 bridgehead atoms. The number of nitrogens with one attached hydrogen (secondary N) is 1. The summed E-state index contributed by atoms with van der Waals surface area (Å²) in [5, 5.41) is 2.79. The molecule has 0 spiro atoms. The maximum absolute atomic E-state index is 11.8. The van der Waals surface area contributed by atoms with Crippen molar-refractivity contribution in [1.82, 2.24) is 0 Å². The second-order valence-electron chi connectivity index (χ2n) is 5.14. The number of hydrogen-bond acceptors (Lipinski definition) is 3. The van der Waals surface area contributed by atoms with Crippen molar-refractivity contribution in [3.05, 3.63) is 24.3 Å². The van der Waals surface area contributed by atoms with E-state index in [1.165, 1.54) is 10.6 Å². The quantitative estimate of drug-likeness (QED) is 0.876. The highest BCUT2D eigenvalue weighted by atomic mass is 32.2. The normalized spacial score (nSPS) is 14.9. The zero-order valence-electron chi connectivity index (χ0n) is 11.8. The zero-order valence-corrected chi connectivity index (χ0v) is 12.6. The Bertz CT molecular complexity index is 577. The van der Waals surface area contributed by atoms with Gasteiger partial charge in [0.1, 0.15) is 0 Å². The van der Waals surface area contributed by atoms with Crippen LogP contribution in [0.2, 0.25) is 0 Å². The molecule has 0 atom stereocenters. The average Bonchev–Trinajstić information content (AvgIpc) is 3.14.